The third-order valence-electron chi connectivity index (χ3n) is 6.90. The van der Waals surface area contributed by atoms with Gasteiger partial charge in [0.05, 0.1) is 22.4 Å². The van der Waals surface area contributed by atoms with Crippen LogP contribution in [0.4, 0.5) is 0 Å². The first-order chi connectivity index (χ1) is 15.8. The van der Waals surface area contributed by atoms with E-state index < -0.39 is 9.84 Å². The van der Waals surface area contributed by atoms with Gasteiger partial charge in [0.15, 0.2) is 9.84 Å². The van der Waals surface area contributed by atoms with Crippen LogP contribution in [0.25, 0.3) is 0 Å². The van der Waals surface area contributed by atoms with Crippen molar-refractivity contribution < 1.29 is 17.9 Å². The third kappa shape index (κ3) is 5.43. The molecular weight excluding hydrogens is 438 g/mol. The first-order valence-electron chi connectivity index (χ1n) is 11.4. The minimum absolute atomic E-state index is 0.104. The number of amides is 1. The van der Waals surface area contributed by atoms with Gasteiger partial charge in [-0.25, -0.2) is 8.42 Å². The van der Waals surface area contributed by atoms with Crippen LogP contribution in [0.5, 0.6) is 0 Å². The minimum Gasteiger partial charge on any atom is -0.462 e. The van der Waals surface area contributed by atoms with Crippen molar-refractivity contribution in [3.05, 3.63) is 54.1 Å². The summed E-state index contributed by atoms with van der Waals surface area (Å²) in [6.07, 6.45) is 13.0. The Balaban J connectivity index is 1.34. The molecule has 0 aromatic heterocycles. The molecule has 1 aromatic rings. The van der Waals surface area contributed by atoms with E-state index in [1.807, 2.05) is 13.1 Å². The van der Waals surface area contributed by atoms with Gasteiger partial charge in [-0.1, -0.05) is 12.1 Å². The van der Waals surface area contributed by atoms with E-state index in [1.165, 1.54) is 6.07 Å². The molecule has 1 aromatic carbocycles. The molecule has 4 rings (SSSR count). The van der Waals surface area contributed by atoms with E-state index in [2.05, 4.69) is 11.1 Å². The van der Waals surface area contributed by atoms with Crippen molar-refractivity contribution in [2.45, 2.75) is 43.9 Å². The van der Waals surface area contributed by atoms with Crippen molar-refractivity contribution in [1.29, 1.82) is 0 Å². The van der Waals surface area contributed by atoms with Crippen molar-refractivity contribution in [3.8, 4) is 0 Å². The average molecular weight is 470 g/mol. The number of benzene rings is 1. The van der Waals surface area contributed by atoms with Gasteiger partial charge < -0.3 is 9.64 Å². The van der Waals surface area contributed by atoms with E-state index in [9.17, 15) is 13.2 Å². The van der Waals surface area contributed by atoms with Gasteiger partial charge in [0.1, 0.15) is 12.0 Å². The molecule has 0 bridgehead atoms. The highest BCUT2D eigenvalue weighted by Crippen LogP contribution is 2.59. The summed E-state index contributed by atoms with van der Waals surface area (Å²) in [5, 5.41) is 0. The fraction of sp³-hybridized carbons (Fsp3) is 0.480. The Morgan fingerprint density at radius 1 is 1.24 bits per heavy atom. The molecule has 33 heavy (non-hydrogen) atoms. The quantitative estimate of drug-likeness (QED) is 0.609. The maximum absolute atomic E-state index is 13.1. The van der Waals surface area contributed by atoms with E-state index in [0.29, 0.717) is 19.0 Å². The molecule has 3 aliphatic rings. The second-order valence-corrected chi connectivity index (χ2v) is 11.1. The summed E-state index contributed by atoms with van der Waals surface area (Å²) >= 11 is 0. The standard InChI is InChI=1S/C25H31N3O4S/c1-19(22-8-5-6-12-26-13-16-32-22)27-18-20-17-25(20)10-14-28(15-11-25)24(29)21-7-3-4-9-23(21)33(2,30)31/h3-4,7-9,12-13,16,20H,5-6,10-11,14-15,17-18H2,1-2H3/b16-13+,22-8-,26-12?,27-19?. The summed E-state index contributed by atoms with van der Waals surface area (Å²) in [7, 11) is -3.46. The maximum atomic E-state index is 13.1. The highest BCUT2D eigenvalue weighted by atomic mass is 32.2. The lowest BCUT2D eigenvalue weighted by Gasteiger charge is -2.33. The van der Waals surface area contributed by atoms with Crippen molar-refractivity contribution in [1.82, 2.24) is 4.90 Å². The molecule has 1 spiro atoms. The molecule has 7 nitrogen and oxygen atoms in total. The molecule has 176 valence electrons. The summed E-state index contributed by atoms with van der Waals surface area (Å²) in [4.78, 5) is 23.9. The zero-order valence-electron chi connectivity index (χ0n) is 19.2. The Kier molecular flexibility index (Phi) is 6.83. The number of carbonyl (C=O) groups is 1. The molecule has 1 saturated carbocycles. The van der Waals surface area contributed by atoms with Crippen LogP contribution in [0.15, 0.2) is 63.4 Å². The van der Waals surface area contributed by atoms with Gasteiger partial charge >= 0.3 is 0 Å². The van der Waals surface area contributed by atoms with E-state index in [1.54, 1.807) is 35.6 Å². The number of ether oxygens (including phenoxy) is 1. The van der Waals surface area contributed by atoms with Crippen LogP contribution in [0.3, 0.4) is 0 Å². The highest BCUT2D eigenvalue weighted by Gasteiger charge is 2.54. The van der Waals surface area contributed by atoms with Gasteiger partial charge in [-0.3, -0.25) is 14.8 Å². The number of piperidine rings is 1. The van der Waals surface area contributed by atoms with Crippen molar-refractivity contribution in [3.63, 3.8) is 0 Å². The predicted molar refractivity (Wildman–Crippen MR) is 129 cm³/mol. The second-order valence-electron chi connectivity index (χ2n) is 9.13. The van der Waals surface area contributed by atoms with Crippen LogP contribution >= 0.6 is 0 Å². The number of nitrogens with zero attached hydrogens (tertiary/aromatic N) is 3. The molecule has 2 heterocycles. The monoisotopic (exact) mass is 469 g/mol. The average Bonchev–Trinajstić information content (AvgIpc) is 3.43. The lowest BCUT2D eigenvalue weighted by Crippen LogP contribution is -2.40. The first kappa shape index (κ1) is 23.4. The minimum atomic E-state index is -3.46. The zero-order chi connectivity index (χ0) is 23.5. The van der Waals surface area contributed by atoms with Gasteiger partial charge in [-0.15, -0.1) is 0 Å². The van der Waals surface area contributed by atoms with E-state index >= 15 is 0 Å². The number of likely N-dealkylation sites (tertiary alicyclic amines) is 1. The van der Waals surface area contributed by atoms with Crippen molar-refractivity contribution in [2.75, 3.05) is 25.9 Å². The predicted octanol–water partition coefficient (Wildman–Crippen LogP) is 4.03. The van der Waals surface area contributed by atoms with Crippen LogP contribution in [0, 0.1) is 11.3 Å². The molecule has 2 aliphatic heterocycles. The van der Waals surface area contributed by atoms with Crippen LogP contribution < -0.4 is 0 Å². The summed E-state index contributed by atoms with van der Waals surface area (Å²) in [5.41, 5.74) is 1.41. The van der Waals surface area contributed by atoms with Crippen molar-refractivity contribution in [2.24, 2.45) is 21.3 Å². The van der Waals surface area contributed by atoms with Gasteiger partial charge in [0.2, 0.25) is 0 Å². The topological polar surface area (TPSA) is 88.4 Å². The number of rotatable bonds is 5. The van der Waals surface area contributed by atoms with Gasteiger partial charge in [0.25, 0.3) is 5.91 Å². The van der Waals surface area contributed by atoms with Gasteiger partial charge in [0, 0.05) is 32.1 Å². The Hall–Kier alpha value is -2.74. The fourth-order valence-electron chi connectivity index (χ4n) is 4.76. The number of carbonyl (C=O) groups excluding carboxylic acids is 1. The summed E-state index contributed by atoms with van der Waals surface area (Å²) in [6, 6.07) is 6.48. The Labute approximate surface area is 195 Å². The summed E-state index contributed by atoms with van der Waals surface area (Å²) < 4.78 is 29.9. The number of allylic oxidation sites excluding steroid dienone is 2. The summed E-state index contributed by atoms with van der Waals surface area (Å²) in [5.74, 6) is 1.11. The fourth-order valence-corrected chi connectivity index (χ4v) is 5.64. The van der Waals surface area contributed by atoms with Crippen LogP contribution in [0.1, 0.15) is 49.4 Å². The smallest absolute Gasteiger partial charge is 0.255 e. The Morgan fingerprint density at radius 3 is 2.76 bits per heavy atom. The van der Waals surface area contributed by atoms with E-state index in [4.69, 9.17) is 9.73 Å². The van der Waals surface area contributed by atoms with E-state index in [0.717, 1.165) is 56.4 Å². The molecule has 1 saturated heterocycles. The normalized spacial score (nSPS) is 25.3. The first-order valence-corrected chi connectivity index (χ1v) is 13.3. The Morgan fingerprint density at radius 2 is 2.00 bits per heavy atom. The van der Waals surface area contributed by atoms with Crippen LogP contribution in [-0.4, -0.2) is 57.0 Å². The zero-order valence-corrected chi connectivity index (χ0v) is 20.1. The number of aliphatic imine (C=N–C) groups is 2. The van der Waals surface area contributed by atoms with Crippen molar-refractivity contribution >= 4 is 27.7 Å². The summed E-state index contributed by atoms with van der Waals surface area (Å²) in [6.45, 7) is 4.04. The Bertz CT molecular complexity index is 1130. The van der Waals surface area contributed by atoms with E-state index in [-0.39, 0.29) is 21.8 Å². The van der Waals surface area contributed by atoms with Gasteiger partial charge in [-0.2, -0.15) is 0 Å². The molecule has 8 heteroatoms. The molecular formula is C25H31N3O4S. The number of hydrogen-bond acceptors (Lipinski definition) is 6. The largest absolute Gasteiger partial charge is 0.462 e. The van der Waals surface area contributed by atoms with Crippen LogP contribution in [0.2, 0.25) is 0 Å². The molecule has 2 fully saturated rings. The van der Waals surface area contributed by atoms with Gasteiger partial charge in [-0.05, 0) is 68.6 Å². The molecule has 1 atom stereocenters. The number of hydrogen-bond donors (Lipinski definition) is 0. The maximum Gasteiger partial charge on any atom is 0.255 e. The molecule has 1 amide bonds. The lowest BCUT2D eigenvalue weighted by molar-refractivity contribution is 0.0665. The molecule has 0 radical (unpaired) electrons. The molecule has 0 N–H and O–H groups in total. The highest BCUT2D eigenvalue weighted by molar-refractivity contribution is 7.90. The lowest BCUT2D eigenvalue weighted by atomic mass is 9.90. The third-order valence-corrected chi connectivity index (χ3v) is 8.06. The number of sulfone groups is 1. The SMILES string of the molecule is CC(=NCC1CC12CCN(C(=O)c1ccccc1S(C)(=O)=O)CC2)/C1=C/CCC=N/C=C/O1. The van der Waals surface area contributed by atoms with Crippen LogP contribution in [-0.2, 0) is 14.6 Å². The molecule has 1 aliphatic carbocycles. The second kappa shape index (κ2) is 9.63. The molecule has 1 unspecified atom stereocenters.